The molecular formula is C24H24N2O5. The maximum absolute atomic E-state index is 13.1. The van der Waals surface area contributed by atoms with Crippen molar-refractivity contribution in [1.29, 1.82) is 0 Å². The van der Waals surface area contributed by atoms with Crippen LogP contribution in [0.15, 0.2) is 36.4 Å². The van der Waals surface area contributed by atoms with Gasteiger partial charge in [-0.2, -0.15) is 0 Å². The molecular weight excluding hydrogens is 396 g/mol. The molecule has 0 aromatic heterocycles. The molecule has 1 N–H and O–H groups in total. The maximum Gasteiger partial charge on any atom is 0.325 e. The van der Waals surface area contributed by atoms with Gasteiger partial charge in [-0.25, -0.2) is 4.79 Å². The van der Waals surface area contributed by atoms with E-state index in [9.17, 15) is 14.4 Å². The SMILES string of the molecule is C[C@@]1(Cc2ccc3c(c2)OCO3)NC(=O)N(CC(=O)c2ccc3c(c2)CCCC3)C1=O. The van der Waals surface area contributed by atoms with Crippen LogP contribution in [-0.2, 0) is 24.1 Å². The zero-order valence-corrected chi connectivity index (χ0v) is 17.4. The summed E-state index contributed by atoms with van der Waals surface area (Å²) in [5.41, 5.74) is 2.74. The first-order chi connectivity index (χ1) is 14.9. The number of ketones is 1. The summed E-state index contributed by atoms with van der Waals surface area (Å²) < 4.78 is 10.7. The lowest BCUT2D eigenvalue weighted by atomic mass is 9.89. The van der Waals surface area contributed by atoms with Crippen molar-refractivity contribution in [2.75, 3.05) is 13.3 Å². The summed E-state index contributed by atoms with van der Waals surface area (Å²) in [6, 6.07) is 10.6. The third-order valence-corrected chi connectivity index (χ3v) is 6.31. The number of urea groups is 1. The van der Waals surface area contributed by atoms with E-state index >= 15 is 0 Å². The molecule has 1 fully saturated rings. The van der Waals surface area contributed by atoms with E-state index in [0.717, 1.165) is 29.7 Å². The number of hydrogen-bond acceptors (Lipinski definition) is 5. The minimum Gasteiger partial charge on any atom is -0.454 e. The van der Waals surface area contributed by atoms with Gasteiger partial charge in [0.15, 0.2) is 17.3 Å². The molecule has 1 atom stereocenters. The van der Waals surface area contributed by atoms with Crippen molar-refractivity contribution in [3.05, 3.63) is 58.7 Å². The lowest BCUT2D eigenvalue weighted by Gasteiger charge is -2.22. The second-order valence-corrected chi connectivity index (χ2v) is 8.63. The summed E-state index contributed by atoms with van der Waals surface area (Å²) in [4.78, 5) is 39.6. The molecule has 3 amide bonds. The zero-order valence-electron chi connectivity index (χ0n) is 17.4. The summed E-state index contributed by atoms with van der Waals surface area (Å²) in [6.45, 7) is 1.59. The Labute approximate surface area is 180 Å². The molecule has 7 heteroatoms. The van der Waals surface area contributed by atoms with Crippen LogP contribution in [0.4, 0.5) is 4.79 Å². The molecule has 0 bridgehead atoms. The largest absolute Gasteiger partial charge is 0.454 e. The average Bonchev–Trinajstić information content (AvgIpc) is 3.31. The first-order valence-corrected chi connectivity index (χ1v) is 10.6. The summed E-state index contributed by atoms with van der Waals surface area (Å²) >= 11 is 0. The smallest absolute Gasteiger partial charge is 0.325 e. The maximum atomic E-state index is 13.1. The van der Waals surface area contributed by atoms with E-state index < -0.39 is 17.5 Å². The fourth-order valence-corrected chi connectivity index (χ4v) is 4.61. The topological polar surface area (TPSA) is 84.9 Å². The number of ether oxygens (including phenoxy) is 2. The monoisotopic (exact) mass is 420 g/mol. The number of amides is 3. The Morgan fingerprint density at radius 3 is 2.65 bits per heavy atom. The molecule has 0 radical (unpaired) electrons. The van der Waals surface area contributed by atoms with Crippen LogP contribution in [0.25, 0.3) is 0 Å². The van der Waals surface area contributed by atoms with Gasteiger partial charge in [0, 0.05) is 12.0 Å². The second kappa shape index (κ2) is 7.41. The number of fused-ring (bicyclic) bond motifs is 2. The van der Waals surface area contributed by atoms with Crippen molar-refractivity contribution in [1.82, 2.24) is 10.2 Å². The van der Waals surface area contributed by atoms with Gasteiger partial charge in [0.05, 0.1) is 6.54 Å². The Kier molecular flexibility index (Phi) is 4.68. The molecule has 2 heterocycles. The summed E-state index contributed by atoms with van der Waals surface area (Å²) in [6.07, 6.45) is 4.58. The van der Waals surface area contributed by atoms with Crippen LogP contribution < -0.4 is 14.8 Å². The van der Waals surface area contributed by atoms with Crippen LogP contribution in [0.2, 0.25) is 0 Å². The average molecular weight is 420 g/mol. The number of nitrogens with one attached hydrogen (secondary N) is 1. The van der Waals surface area contributed by atoms with Gasteiger partial charge in [-0.05, 0) is 67.5 Å². The number of nitrogens with zero attached hydrogens (tertiary/aromatic N) is 1. The third kappa shape index (κ3) is 3.54. The minimum atomic E-state index is -1.12. The highest BCUT2D eigenvalue weighted by Crippen LogP contribution is 2.34. The third-order valence-electron chi connectivity index (χ3n) is 6.31. The predicted octanol–water partition coefficient (Wildman–Crippen LogP) is 3.03. The van der Waals surface area contributed by atoms with Crippen molar-refractivity contribution in [2.45, 2.75) is 44.6 Å². The van der Waals surface area contributed by atoms with Gasteiger partial charge in [-0.3, -0.25) is 14.5 Å². The Hall–Kier alpha value is -3.35. The van der Waals surface area contributed by atoms with Gasteiger partial charge in [-0.15, -0.1) is 0 Å². The zero-order chi connectivity index (χ0) is 21.6. The van der Waals surface area contributed by atoms with E-state index in [0.29, 0.717) is 17.1 Å². The van der Waals surface area contributed by atoms with Gasteiger partial charge in [-0.1, -0.05) is 18.2 Å². The summed E-state index contributed by atoms with van der Waals surface area (Å²) in [7, 11) is 0. The molecule has 5 rings (SSSR count). The van der Waals surface area contributed by atoms with Crippen LogP contribution in [0.5, 0.6) is 11.5 Å². The van der Waals surface area contributed by atoms with E-state index in [-0.39, 0.29) is 25.5 Å². The quantitative estimate of drug-likeness (QED) is 0.594. The van der Waals surface area contributed by atoms with Crippen LogP contribution in [0.1, 0.15) is 46.8 Å². The number of hydrogen-bond donors (Lipinski definition) is 1. The van der Waals surface area contributed by atoms with Crippen LogP contribution >= 0.6 is 0 Å². The number of benzene rings is 2. The molecule has 1 aliphatic carbocycles. The second-order valence-electron chi connectivity index (χ2n) is 8.63. The van der Waals surface area contributed by atoms with Crippen LogP contribution in [0.3, 0.4) is 0 Å². The molecule has 1 saturated heterocycles. The number of imide groups is 1. The molecule has 0 unspecified atom stereocenters. The normalized spacial score (nSPS) is 21.8. The van der Waals surface area contributed by atoms with Crippen molar-refractivity contribution in [3.8, 4) is 11.5 Å². The molecule has 2 aliphatic heterocycles. The fraction of sp³-hybridized carbons (Fsp3) is 0.375. The lowest BCUT2D eigenvalue weighted by molar-refractivity contribution is -0.130. The standard InChI is InChI=1S/C24H24N2O5/c1-24(12-15-6-9-20-21(10-15)31-14-30-20)22(28)26(23(29)25-24)13-19(27)18-8-7-16-4-2-3-5-17(16)11-18/h6-11H,2-5,12-14H2,1H3,(H,25,29)/t24-/m0/s1. The van der Waals surface area contributed by atoms with Gasteiger partial charge in [0.1, 0.15) is 5.54 Å². The summed E-state index contributed by atoms with van der Waals surface area (Å²) in [5.74, 6) is 0.649. The Morgan fingerprint density at radius 1 is 1.03 bits per heavy atom. The molecule has 0 saturated carbocycles. The molecule has 31 heavy (non-hydrogen) atoms. The molecule has 160 valence electrons. The molecule has 2 aromatic carbocycles. The number of rotatable bonds is 5. The predicted molar refractivity (Wildman–Crippen MR) is 112 cm³/mol. The van der Waals surface area contributed by atoms with Gasteiger partial charge < -0.3 is 14.8 Å². The molecule has 7 nitrogen and oxygen atoms in total. The van der Waals surface area contributed by atoms with Crippen molar-refractivity contribution in [2.24, 2.45) is 0 Å². The van der Waals surface area contributed by atoms with E-state index in [2.05, 4.69) is 5.32 Å². The van der Waals surface area contributed by atoms with E-state index in [1.807, 2.05) is 24.3 Å². The van der Waals surface area contributed by atoms with Gasteiger partial charge >= 0.3 is 6.03 Å². The number of Topliss-reactive ketones (excluding diaryl/α,β-unsaturated/α-hetero) is 1. The first-order valence-electron chi connectivity index (χ1n) is 10.6. The van der Waals surface area contributed by atoms with Gasteiger partial charge in [0.25, 0.3) is 5.91 Å². The van der Waals surface area contributed by atoms with Crippen LogP contribution in [-0.4, -0.2) is 41.5 Å². The number of aryl methyl sites for hydroxylation is 2. The fourth-order valence-electron chi connectivity index (χ4n) is 4.61. The van der Waals surface area contributed by atoms with E-state index in [1.54, 1.807) is 19.1 Å². The minimum absolute atomic E-state index is 0.171. The van der Waals surface area contributed by atoms with Crippen LogP contribution in [0, 0.1) is 0 Å². The molecule has 0 spiro atoms. The summed E-state index contributed by atoms with van der Waals surface area (Å²) in [5, 5.41) is 2.77. The lowest BCUT2D eigenvalue weighted by Crippen LogP contribution is -2.46. The highest BCUT2D eigenvalue weighted by atomic mass is 16.7. The first kappa shape index (κ1) is 19.6. The van der Waals surface area contributed by atoms with Crippen molar-refractivity contribution >= 4 is 17.7 Å². The number of carbonyl (C=O) groups excluding carboxylic acids is 3. The Bertz CT molecular complexity index is 1100. The van der Waals surface area contributed by atoms with Gasteiger partial charge in [0.2, 0.25) is 6.79 Å². The van der Waals surface area contributed by atoms with Crippen molar-refractivity contribution in [3.63, 3.8) is 0 Å². The molecule has 2 aromatic rings. The Morgan fingerprint density at radius 2 is 1.81 bits per heavy atom. The molecule has 3 aliphatic rings. The highest BCUT2D eigenvalue weighted by Gasteiger charge is 2.48. The van der Waals surface area contributed by atoms with E-state index in [4.69, 9.17) is 9.47 Å². The number of carbonyl (C=O) groups is 3. The highest BCUT2D eigenvalue weighted by molar-refractivity contribution is 6.11. The Balaban J connectivity index is 1.31. The van der Waals surface area contributed by atoms with Crippen molar-refractivity contribution < 1.29 is 23.9 Å². The van der Waals surface area contributed by atoms with E-state index in [1.165, 1.54) is 17.5 Å².